The molecule has 3 aliphatic rings. The van der Waals surface area contributed by atoms with Crippen molar-refractivity contribution in [2.24, 2.45) is 0 Å². The molecule has 3 aliphatic carbocycles. The number of benzene rings is 10. The Morgan fingerprint density at radius 2 is 0.758 bits per heavy atom. The first-order valence-electron chi connectivity index (χ1n) is 23.1. The molecule has 0 aliphatic heterocycles. The van der Waals surface area contributed by atoms with Gasteiger partial charge >= 0.3 is 0 Å². The molecule has 0 amide bonds. The van der Waals surface area contributed by atoms with E-state index in [2.05, 4.69) is 237 Å². The zero-order valence-electron chi connectivity index (χ0n) is 36.7. The number of rotatable bonds is 4. The summed E-state index contributed by atoms with van der Waals surface area (Å²) in [6.07, 6.45) is 0. The summed E-state index contributed by atoms with van der Waals surface area (Å²) < 4.78 is 6.32. The highest BCUT2D eigenvalue weighted by atomic mass is 16.3. The molecule has 0 N–H and O–H groups in total. The Balaban J connectivity index is 0.943. The lowest BCUT2D eigenvalue weighted by Gasteiger charge is -2.35. The summed E-state index contributed by atoms with van der Waals surface area (Å²) in [6.45, 7) is 4.71. The lowest BCUT2D eigenvalue weighted by atomic mass is 9.66. The number of fused-ring (bicyclic) bond motifs is 18. The van der Waals surface area contributed by atoms with Crippen LogP contribution in [-0.4, -0.2) is 0 Å². The first-order valence-corrected chi connectivity index (χ1v) is 23.1. The van der Waals surface area contributed by atoms with Crippen molar-refractivity contribution in [3.63, 3.8) is 0 Å². The smallest absolute Gasteiger partial charge is 0.135 e. The van der Waals surface area contributed by atoms with Crippen LogP contribution in [0.15, 0.2) is 229 Å². The van der Waals surface area contributed by atoms with E-state index in [4.69, 9.17) is 4.42 Å². The number of furan rings is 1. The summed E-state index contributed by atoms with van der Waals surface area (Å²) in [6, 6.07) is 83.5. The molecule has 0 unspecified atom stereocenters. The maximum absolute atomic E-state index is 6.32. The molecule has 11 aromatic rings. The van der Waals surface area contributed by atoms with Gasteiger partial charge in [-0.3, -0.25) is 0 Å². The van der Waals surface area contributed by atoms with Crippen LogP contribution in [0.25, 0.3) is 77.6 Å². The van der Waals surface area contributed by atoms with Crippen molar-refractivity contribution in [2.75, 3.05) is 4.90 Å². The maximum Gasteiger partial charge on any atom is 0.135 e. The lowest BCUT2D eigenvalue weighted by Crippen LogP contribution is -2.29. The topological polar surface area (TPSA) is 16.4 Å². The van der Waals surface area contributed by atoms with Crippen molar-refractivity contribution in [1.29, 1.82) is 0 Å². The van der Waals surface area contributed by atoms with E-state index in [-0.39, 0.29) is 5.41 Å². The molecule has 2 nitrogen and oxygen atoms in total. The van der Waals surface area contributed by atoms with Gasteiger partial charge in [0.25, 0.3) is 0 Å². The average molecular weight is 842 g/mol. The van der Waals surface area contributed by atoms with Crippen molar-refractivity contribution < 1.29 is 4.42 Å². The van der Waals surface area contributed by atoms with E-state index in [0.717, 1.165) is 39.0 Å². The Bertz CT molecular complexity index is 3760. The minimum Gasteiger partial charge on any atom is -0.456 e. The van der Waals surface area contributed by atoms with Gasteiger partial charge in [0.2, 0.25) is 0 Å². The summed E-state index contributed by atoms with van der Waals surface area (Å²) in [5.41, 5.74) is 25.2. The first kappa shape index (κ1) is 37.2. The fourth-order valence-corrected chi connectivity index (χ4v) is 12.2. The van der Waals surface area contributed by atoms with Crippen LogP contribution in [0.3, 0.4) is 0 Å². The van der Waals surface area contributed by atoms with Crippen molar-refractivity contribution in [3.8, 4) is 55.6 Å². The Kier molecular flexibility index (Phi) is 7.70. The van der Waals surface area contributed by atoms with E-state index in [0.29, 0.717) is 0 Å². The molecule has 310 valence electrons. The monoisotopic (exact) mass is 841 g/mol. The van der Waals surface area contributed by atoms with E-state index in [9.17, 15) is 0 Å². The van der Waals surface area contributed by atoms with Gasteiger partial charge in [0.1, 0.15) is 11.2 Å². The van der Waals surface area contributed by atoms with Crippen LogP contribution < -0.4 is 4.90 Å². The Hall–Kier alpha value is -8.20. The summed E-state index contributed by atoms with van der Waals surface area (Å²) in [5.74, 6) is 0. The summed E-state index contributed by atoms with van der Waals surface area (Å²) in [5, 5.41) is 2.23. The van der Waals surface area contributed by atoms with Crippen LogP contribution in [0.4, 0.5) is 17.1 Å². The number of nitrogens with zero attached hydrogens (tertiary/aromatic N) is 1. The molecule has 0 saturated heterocycles. The van der Waals surface area contributed by atoms with E-state index in [1.807, 2.05) is 6.07 Å². The van der Waals surface area contributed by atoms with Crippen LogP contribution in [-0.2, 0) is 10.8 Å². The van der Waals surface area contributed by atoms with Crippen LogP contribution in [0.2, 0.25) is 0 Å². The first-order chi connectivity index (χ1) is 32.5. The summed E-state index contributed by atoms with van der Waals surface area (Å²) in [4.78, 5) is 2.41. The van der Waals surface area contributed by atoms with Crippen LogP contribution >= 0.6 is 0 Å². The molecule has 1 heterocycles. The van der Waals surface area contributed by atoms with E-state index in [1.165, 1.54) is 89.0 Å². The second-order valence-corrected chi connectivity index (χ2v) is 18.8. The molecule has 0 fully saturated rings. The Labute approximate surface area is 384 Å². The van der Waals surface area contributed by atoms with Crippen molar-refractivity contribution >= 4 is 39.0 Å². The molecule has 2 heteroatoms. The van der Waals surface area contributed by atoms with Crippen molar-refractivity contribution in [3.05, 3.63) is 258 Å². The zero-order valence-corrected chi connectivity index (χ0v) is 36.7. The number of para-hydroxylation sites is 1. The van der Waals surface area contributed by atoms with Gasteiger partial charge in [-0.25, -0.2) is 0 Å². The minimum absolute atomic E-state index is 0.130. The second kappa shape index (κ2) is 13.7. The SMILES string of the molecule is CC1(C)c2ccccc2-c2ccc(N(c3ccc(-c4ccc5c(c4)-c4ccccc4-c4ccccc4C54c5ccccc5-c5ccccc54)cc3)c3ccc4oc5ccccc5c4c3)cc21. The highest BCUT2D eigenvalue weighted by Crippen LogP contribution is 2.62. The van der Waals surface area contributed by atoms with E-state index >= 15 is 0 Å². The third kappa shape index (κ3) is 5.01. The zero-order chi connectivity index (χ0) is 43.7. The molecule has 14 rings (SSSR count). The third-order valence-electron chi connectivity index (χ3n) is 15.1. The van der Waals surface area contributed by atoms with Gasteiger partial charge in [-0.1, -0.05) is 184 Å². The Morgan fingerprint density at radius 1 is 0.303 bits per heavy atom. The fraction of sp³-hybridized carbons (Fsp3) is 0.0625. The molecule has 1 aromatic heterocycles. The van der Waals surface area contributed by atoms with Gasteiger partial charge in [-0.2, -0.15) is 0 Å². The van der Waals surface area contributed by atoms with Gasteiger partial charge in [-0.05, 0) is 144 Å². The van der Waals surface area contributed by atoms with Crippen LogP contribution in [0.5, 0.6) is 0 Å². The van der Waals surface area contributed by atoms with E-state index in [1.54, 1.807) is 0 Å². The van der Waals surface area contributed by atoms with Crippen LogP contribution in [0.1, 0.15) is 47.2 Å². The molecular formula is C64H43NO. The standard InChI is InChI=1S/C64H43NO/c1-63(2)55-22-10-5-18-48(55)51-34-32-44(39-60(51)63)65(43-33-36-62-54(38-43)52-21-9-14-26-61(52)66-62)42-30-27-40(28-31-42)41-29-35-59-53(37-41)46-16-4-3-15-45(46)47-17-6-11-23-56(47)64(59)57-24-12-7-19-49(57)50-20-8-13-25-58(50)64/h3-39H,1-2H3. The quantitative estimate of drug-likeness (QED) is 0.176. The fourth-order valence-electron chi connectivity index (χ4n) is 12.2. The van der Waals surface area contributed by atoms with Gasteiger partial charge < -0.3 is 9.32 Å². The predicted octanol–water partition coefficient (Wildman–Crippen LogP) is 17.0. The molecule has 1 spiro atoms. The Morgan fingerprint density at radius 3 is 1.44 bits per heavy atom. The molecule has 0 saturated carbocycles. The highest BCUT2D eigenvalue weighted by molar-refractivity contribution is 6.07. The van der Waals surface area contributed by atoms with Gasteiger partial charge in [-0.15, -0.1) is 0 Å². The molecule has 10 aromatic carbocycles. The minimum atomic E-state index is -0.492. The van der Waals surface area contributed by atoms with Crippen molar-refractivity contribution in [1.82, 2.24) is 0 Å². The third-order valence-corrected chi connectivity index (χ3v) is 15.1. The molecule has 0 bridgehead atoms. The average Bonchev–Trinajstić information content (AvgIpc) is 3.95. The maximum atomic E-state index is 6.32. The normalized spacial score (nSPS) is 14.2. The van der Waals surface area contributed by atoms with Gasteiger partial charge in [0.05, 0.1) is 5.41 Å². The van der Waals surface area contributed by atoms with Gasteiger partial charge in [0, 0.05) is 33.2 Å². The van der Waals surface area contributed by atoms with Crippen LogP contribution in [0, 0.1) is 0 Å². The number of anilines is 3. The molecular weight excluding hydrogens is 799 g/mol. The van der Waals surface area contributed by atoms with Gasteiger partial charge in [0.15, 0.2) is 0 Å². The summed E-state index contributed by atoms with van der Waals surface area (Å²) >= 11 is 0. The molecule has 0 atom stereocenters. The summed E-state index contributed by atoms with van der Waals surface area (Å²) in [7, 11) is 0. The van der Waals surface area contributed by atoms with E-state index < -0.39 is 5.41 Å². The second-order valence-electron chi connectivity index (χ2n) is 18.8. The van der Waals surface area contributed by atoms with Crippen molar-refractivity contribution in [2.45, 2.75) is 24.7 Å². The molecule has 0 radical (unpaired) electrons. The number of hydrogen-bond acceptors (Lipinski definition) is 2. The lowest BCUT2D eigenvalue weighted by molar-refractivity contribution is 0.660. The predicted molar refractivity (Wildman–Crippen MR) is 273 cm³/mol. The largest absolute Gasteiger partial charge is 0.456 e. The molecule has 66 heavy (non-hydrogen) atoms. The highest BCUT2D eigenvalue weighted by Gasteiger charge is 2.49. The number of hydrogen-bond donors (Lipinski definition) is 0.